The maximum absolute atomic E-state index is 13.2. The van der Waals surface area contributed by atoms with Crippen LogP contribution in [0, 0.1) is 12.7 Å². The molecule has 0 bridgehead atoms. The fourth-order valence-electron chi connectivity index (χ4n) is 2.53. The van der Waals surface area contributed by atoms with Crippen molar-refractivity contribution in [3.05, 3.63) is 47.5 Å². The molecule has 9 heteroatoms. The number of hydrogen-bond donors (Lipinski definition) is 0. The number of nitrogens with zero attached hydrogens (tertiary/aromatic N) is 3. The van der Waals surface area contributed by atoms with Gasteiger partial charge >= 0.3 is 0 Å². The summed E-state index contributed by atoms with van der Waals surface area (Å²) in [5.74, 6) is -0.500. The van der Waals surface area contributed by atoms with E-state index in [0.717, 1.165) is 12.1 Å². The van der Waals surface area contributed by atoms with E-state index in [1.165, 1.54) is 28.4 Å². The van der Waals surface area contributed by atoms with Crippen LogP contribution in [0.4, 0.5) is 4.39 Å². The Hall–Kier alpha value is -1.97. The minimum atomic E-state index is -3.90. The highest BCUT2D eigenvalue weighted by molar-refractivity contribution is 7.99. The van der Waals surface area contributed by atoms with Crippen LogP contribution in [-0.2, 0) is 21.2 Å². The Labute approximate surface area is 149 Å². The summed E-state index contributed by atoms with van der Waals surface area (Å²) in [4.78, 5) is 4.39. The molecule has 1 aromatic carbocycles. The summed E-state index contributed by atoms with van der Waals surface area (Å²) >= 11 is 1.21. The van der Waals surface area contributed by atoms with Crippen molar-refractivity contribution < 1.29 is 17.5 Å². The van der Waals surface area contributed by atoms with Crippen LogP contribution in [0.3, 0.4) is 0 Å². The van der Waals surface area contributed by atoms with Crippen molar-refractivity contribution in [3.8, 4) is 0 Å². The van der Waals surface area contributed by atoms with Crippen LogP contribution >= 0.6 is 11.8 Å². The number of halogens is 1. The third kappa shape index (κ3) is 3.14. The molecular formula is C16H16FN3O3S2. The minimum Gasteiger partial charge on any atom is -0.378 e. The van der Waals surface area contributed by atoms with Crippen LogP contribution in [-0.4, -0.2) is 36.4 Å². The van der Waals surface area contributed by atoms with Crippen LogP contribution in [0.5, 0.6) is 0 Å². The lowest BCUT2D eigenvalue weighted by Crippen LogP contribution is -2.06. The number of fused-ring (bicyclic) bond motifs is 1. The average Bonchev–Trinajstić information content (AvgIpc) is 2.94. The summed E-state index contributed by atoms with van der Waals surface area (Å²) in [5.41, 5.74) is 1.59. The highest BCUT2D eigenvalue weighted by Crippen LogP contribution is 2.32. The molecule has 3 rings (SSSR count). The first-order chi connectivity index (χ1) is 11.9. The number of hydrogen-bond acceptors (Lipinski definition) is 6. The van der Waals surface area contributed by atoms with Gasteiger partial charge in [0.25, 0.3) is 0 Å². The molecule has 132 valence electrons. The van der Waals surface area contributed by atoms with E-state index in [2.05, 4.69) is 10.1 Å². The molecular weight excluding hydrogens is 365 g/mol. The van der Waals surface area contributed by atoms with E-state index < -0.39 is 15.7 Å². The summed E-state index contributed by atoms with van der Waals surface area (Å²) in [7, 11) is -2.35. The molecule has 2 heterocycles. The zero-order valence-electron chi connectivity index (χ0n) is 13.9. The lowest BCUT2D eigenvalue weighted by Gasteiger charge is -2.07. The number of ether oxygens (including phenoxy) is 1. The molecule has 0 aliphatic rings. The SMILES string of the molecule is COCc1cc(C)nc2c(S(=O)(=O)c3ccc(F)cc3)c(SC)nn12. The van der Waals surface area contributed by atoms with Gasteiger partial charge in [-0.3, -0.25) is 0 Å². The summed E-state index contributed by atoms with van der Waals surface area (Å²) in [6.07, 6.45) is 1.74. The second-order valence-corrected chi connectivity index (χ2v) is 8.03. The van der Waals surface area contributed by atoms with E-state index in [-0.39, 0.29) is 22.0 Å². The standard InChI is InChI=1S/C16H16FN3O3S2/c1-10-8-12(9-23-2)20-15(18-10)14(16(19-20)24-3)25(21,22)13-6-4-11(17)5-7-13/h4-8H,9H2,1-3H3. The Morgan fingerprint density at radius 3 is 2.56 bits per heavy atom. The summed E-state index contributed by atoms with van der Waals surface area (Å²) in [6, 6.07) is 6.51. The van der Waals surface area contributed by atoms with Gasteiger partial charge in [-0.15, -0.1) is 11.8 Å². The largest absolute Gasteiger partial charge is 0.378 e. The van der Waals surface area contributed by atoms with Crippen molar-refractivity contribution >= 4 is 27.2 Å². The molecule has 0 aliphatic carbocycles. The second kappa shape index (κ2) is 6.74. The molecule has 0 aliphatic heterocycles. The first-order valence-electron chi connectivity index (χ1n) is 7.31. The smallest absolute Gasteiger partial charge is 0.213 e. The lowest BCUT2D eigenvalue weighted by molar-refractivity contribution is 0.179. The van der Waals surface area contributed by atoms with E-state index in [1.807, 2.05) is 0 Å². The van der Waals surface area contributed by atoms with Crippen molar-refractivity contribution in [2.45, 2.75) is 28.3 Å². The molecule has 0 saturated heterocycles. The van der Waals surface area contributed by atoms with Gasteiger partial charge < -0.3 is 4.74 Å². The third-order valence-electron chi connectivity index (χ3n) is 3.60. The summed E-state index contributed by atoms with van der Waals surface area (Å²) in [6.45, 7) is 2.05. The van der Waals surface area contributed by atoms with Gasteiger partial charge in [-0.2, -0.15) is 5.10 Å². The molecule has 0 saturated carbocycles. The highest BCUT2D eigenvalue weighted by Gasteiger charge is 2.29. The van der Waals surface area contributed by atoms with Crippen molar-refractivity contribution in [2.75, 3.05) is 13.4 Å². The van der Waals surface area contributed by atoms with E-state index in [0.29, 0.717) is 16.4 Å². The summed E-state index contributed by atoms with van der Waals surface area (Å²) < 4.78 is 46.1. The molecule has 0 amide bonds. The molecule has 0 N–H and O–H groups in total. The van der Waals surface area contributed by atoms with Crippen LogP contribution in [0.2, 0.25) is 0 Å². The van der Waals surface area contributed by atoms with Crippen LogP contribution in [0.25, 0.3) is 5.65 Å². The van der Waals surface area contributed by atoms with E-state index in [9.17, 15) is 12.8 Å². The van der Waals surface area contributed by atoms with Gasteiger partial charge in [0.15, 0.2) is 10.5 Å². The third-order valence-corrected chi connectivity index (χ3v) is 6.20. The van der Waals surface area contributed by atoms with Crippen molar-refractivity contribution in [2.24, 2.45) is 0 Å². The fraction of sp³-hybridized carbons (Fsp3) is 0.250. The van der Waals surface area contributed by atoms with Gasteiger partial charge in [-0.1, -0.05) is 0 Å². The maximum Gasteiger partial charge on any atom is 0.213 e. The fourth-order valence-corrected chi connectivity index (χ4v) is 4.92. The van der Waals surface area contributed by atoms with Crippen molar-refractivity contribution in [1.29, 1.82) is 0 Å². The average molecular weight is 381 g/mol. The number of thioether (sulfide) groups is 1. The molecule has 6 nitrogen and oxygen atoms in total. The van der Waals surface area contributed by atoms with Gasteiger partial charge in [0.05, 0.1) is 17.2 Å². The second-order valence-electron chi connectivity index (χ2n) is 5.35. The Morgan fingerprint density at radius 2 is 1.96 bits per heavy atom. The van der Waals surface area contributed by atoms with Gasteiger partial charge in [0.2, 0.25) is 9.84 Å². The molecule has 0 unspecified atom stereocenters. The maximum atomic E-state index is 13.2. The molecule has 2 aromatic heterocycles. The van der Waals surface area contributed by atoms with Gasteiger partial charge in [-0.25, -0.2) is 22.3 Å². The van der Waals surface area contributed by atoms with E-state index in [1.54, 1.807) is 26.4 Å². The van der Waals surface area contributed by atoms with Crippen LogP contribution < -0.4 is 0 Å². The minimum absolute atomic E-state index is 0.00398. The molecule has 0 fully saturated rings. The highest BCUT2D eigenvalue weighted by atomic mass is 32.2. The topological polar surface area (TPSA) is 73.6 Å². The molecule has 25 heavy (non-hydrogen) atoms. The van der Waals surface area contributed by atoms with Gasteiger partial charge in [-0.05, 0) is 43.5 Å². The van der Waals surface area contributed by atoms with Gasteiger partial charge in [0, 0.05) is 12.8 Å². The number of methoxy groups -OCH3 is 1. The zero-order chi connectivity index (χ0) is 18.2. The van der Waals surface area contributed by atoms with E-state index >= 15 is 0 Å². The number of benzene rings is 1. The summed E-state index contributed by atoms with van der Waals surface area (Å²) in [5, 5.41) is 4.72. The number of rotatable bonds is 5. The molecule has 3 aromatic rings. The Bertz CT molecular complexity index is 1030. The normalized spacial score (nSPS) is 12.0. The Morgan fingerprint density at radius 1 is 1.28 bits per heavy atom. The zero-order valence-corrected chi connectivity index (χ0v) is 15.5. The number of aryl methyl sites for hydroxylation is 1. The Balaban J connectivity index is 2.33. The van der Waals surface area contributed by atoms with E-state index in [4.69, 9.17) is 4.74 Å². The monoisotopic (exact) mass is 381 g/mol. The predicted molar refractivity (Wildman–Crippen MR) is 92.1 cm³/mol. The number of aromatic nitrogens is 3. The van der Waals surface area contributed by atoms with Crippen molar-refractivity contribution in [1.82, 2.24) is 14.6 Å². The molecule has 0 atom stereocenters. The Kier molecular flexibility index (Phi) is 4.81. The molecule has 0 radical (unpaired) electrons. The molecule has 0 spiro atoms. The van der Waals surface area contributed by atoms with Crippen molar-refractivity contribution in [3.63, 3.8) is 0 Å². The predicted octanol–water partition coefficient (Wildman–Crippen LogP) is 2.88. The number of sulfone groups is 1. The quantitative estimate of drug-likeness (QED) is 0.500. The van der Waals surface area contributed by atoms with Crippen LogP contribution in [0.1, 0.15) is 11.4 Å². The van der Waals surface area contributed by atoms with Crippen LogP contribution in [0.15, 0.2) is 45.1 Å². The lowest BCUT2D eigenvalue weighted by atomic mass is 10.3. The first kappa shape index (κ1) is 17.8. The first-order valence-corrected chi connectivity index (χ1v) is 10.0. The van der Waals surface area contributed by atoms with Gasteiger partial charge in [0.1, 0.15) is 10.8 Å².